The van der Waals surface area contributed by atoms with Crippen molar-refractivity contribution >= 4 is 17.5 Å². The van der Waals surface area contributed by atoms with Gasteiger partial charge in [0.1, 0.15) is 0 Å². The largest absolute Gasteiger partial charge is 0.378 e. The van der Waals surface area contributed by atoms with E-state index in [2.05, 4.69) is 5.10 Å². The number of carbonyl (C=O) groups excluding carboxylic acids is 1. The van der Waals surface area contributed by atoms with Crippen LogP contribution in [0.1, 0.15) is 16.1 Å². The fraction of sp³-hybridized carbons (Fsp3) is 0.238. The van der Waals surface area contributed by atoms with Crippen LogP contribution in [0.4, 0.5) is 0 Å². The number of amides is 1. The summed E-state index contributed by atoms with van der Waals surface area (Å²) in [6, 6.07) is 15.5. The van der Waals surface area contributed by atoms with Crippen molar-refractivity contribution in [1.82, 2.24) is 19.2 Å². The lowest BCUT2D eigenvalue weighted by Gasteiger charge is -2.26. The highest BCUT2D eigenvalue weighted by atomic mass is 35.5. The van der Waals surface area contributed by atoms with Gasteiger partial charge in [0.2, 0.25) is 5.69 Å². The van der Waals surface area contributed by atoms with Gasteiger partial charge in [-0.2, -0.15) is 9.78 Å². The molecular formula is C21H19ClN4O4. The lowest BCUT2D eigenvalue weighted by molar-refractivity contribution is 0.0295. The zero-order valence-electron chi connectivity index (χ0n) is 16.0. The van der Waals surface area contributed by atoms with Crippen molar-refractivity contribution in [2.45, 2.75) is 6.54 Å². The van der Waals surface area contributed by atoms with E-state index in [9.17, 15) is 14.4 Å². The van der Waals surface area contributed by atoms with Gasteiger partial charge in [0.25, 0.3) is 11.5 Å². The smallest absolute Gasteiger partial charge is 0.352 e. The first kappa shape index (κ1) is 20.1. The molecule has 2 heterocycles. The molecule has 1 aromatic heterocycles. The Hall–Kier alpha value is -3.23. The summed E-state index contributed by atoms with van der Waals surface area (Å²) in [5.74, 6) is -0.521. The predicted octanol–water partition coefficient (Wildman–Crippen LogP) is 1.57. The molecule has 0 bridgehead atoms. The summed E-state index contributed by atoms with van der Waals surface area (Å²) in [5.41, 5.74) is -0.550. The van der Waals surface area contributed by atoms with E-state index < -0.39 is 17.2 Å². The molecule has 1 saturated heterocycles. The van der Waals surface area contributed by atoms with Crippen LogP contribution in [0, 0.1) is 0 Å². The lowest BCUT2D eigenvalue weighted by atomic mass is 10.2. The van der Waals surface area contributed by atoms with E-state index in [-0.39, 0.29) is 12.2 Å². The third-order valence-electron chi connectivity index (χ3n) is 4.79. The van der Waals surface area contributed by atoms with Gasteiger partial charge in [-0.15, -0.1) is 0 Å². The number of hydrogen-bond acceptors (Lipinski definition) is 5. The van der Waals surface area contributed by atoms with Crippen LogP contribution >= 0.6 is 11.6 Å². The second-order valence-electron chi connectivity index (χ2n) is 6.80. The van der Waals surface area contributed by atoms with Crippen LogP contribution in [-0.4, -0.2) is 51.5 Å². The van der Waals surface area contributed by atoms with E-state index in [0.29, 0.717) is 42.6 Å². The molecule has 1 amide bonds. The number of carbonyl (C=O) groups is 1. The molecule has 9 heteroatoms. The first-order chi connectivity index (χ1) is 14.5. The van der Waals surface area contributed by atoms with Crippen molar-refractivity contribution < 1.29 is 9.53 Å². The average Bonchev–Trinajstić information content (AvgIpc) is 2.78. The Bertz CT molecular complexity index is 1180. The molecule has 0 atom stereocenters. The fourth-order valence-electron chi connectivity index (χ4n) is 3.26. The van der Waals surface area contributed by atoms with Gasteiger partial charge in [0.05, 0.1) is 25.4 Å². The maximum Gasteiger partial charge on any atom is 0.352 e. The Morgan fingerprint density at radius 1 is 1.03 bits per heavy atom. The normalized spacial score (nSPS) is 14.0. The summed E-state index contributed by atoms with van der Waals surface area (Å²) in [6.07, 6.45) is 0. The summed E-state index contributed by atoms with van der Waals surface area (Å²) < 4.78 is 7.37. The number of aromatic nitrogens is 3. The minimum Gasteiger partial charge on any atom is -0.378 e. The molecule has 0 aliphatic carbocycles. The SMILES string of the molecule is O=C(c1nn(-c2ccccc2)c(=O)n(Cc2cccc(Cl)c2)c1=O)N1CCOCC1. The summed E-state index contributed by atoms with van der Waals surface area (Å²) in [5, 5.41) is 4.64. The molecule has 8 nitrogen and oxygen atoms in total. The number of halogens is 1. The van der Waals surface area contributed by atoms with Crippen LogP contribution in [0.25, 0.3) is 5.69 Å². The Balaban J connectivity index is 1.86. The van der Waals surface area contributed by atoms with Crippen LogP contribution < -0.4 is 11.2 Å². The highest BCUT2D eigenvalue weighted by Gasteiger charge is 2.26. The van der Waals surface area contributed by atoms with Crippen LogP contribution in [0.15, 0.2) is 64.2 Å². The van der Waals surface area contributed by atoms with E-state index in [1.54, 1.807) is 54.6 Å². The Morgan fingerprint density at radius 3 is 2.47 bits per heavy atom. The molecule has 0 saturated carbocycles. The number of ether oxygens (including phenoxy) is 1. The predicted molar refractivity (Wildman–Crippen MR) is 111 cm³/mol. The number of benzene rings is 2. The van der Waals surface area contributed by atoms with Gasteiger partial charge in [-0.1, -0.05) is 41.9 Å². The summed E-state index contributed by atoms with van der Waals surface area (Å²) in [4.78, 5) is 40.8. The summed E-state index contributed by atoms with van der Waals surface area (Å²) in [6.45, 7) is 1.47. The van der Waals surface area contributed by atoms with Gasteiger partial charge in [-0.05, 0) is 29.8 Å². The zero-order chi connectivity index (χ0) is 21.1. The average molecular weight is 427 g/mol. The molecule has 30 heavy (non-hydrogen) atoms. The zero-order valence-corrected chi connectivity index (χ0v) is 16.8. The van der Waals surface area contributed by atoms with Gasteiger partial charge in [0.15, 0.2) is 0 Å². The van der Waals surface area contributed by atoms with Gasteiger partial charge in [0, 0.05) is 18.1 Å². The molecule has 2 aromatic carbocycles. The molecule has 3 aromatic rings. The number of para-hydroxylation sites is 1. The van der Waals surface area contributed by atoms with E-state index >= 15 is 0 Å². The van der Waals surface area contributed by atoms with Crippen LogP contribution in [-0.2, 0) is 11.3 Å². The maximum atomic E-state index is 13.1. The Kier molecular flexibility index (Phi) is 5.78. The molecule has 1 aliphatic heterocycles. The number of rotatable bonds is 4. The van der Waals surface area contributed by atoms with E-state index in [0.717, 1.165) is 9.25 Å². The van der Waals surface area contributed by atoms with E-state index in [4.69, 9.17) is 16.3 Å². The lowest BCUT2D eigenvalue weighted by Crippen LogP contribution is -2.48. The van der Waals surface area contributed by atoms with Crippen molar-refractivity contribution in [1.29, 1.82) is 0 Å². The maximum absolute atomic E-state index is 13.1. The molecular weight excluding hydrogens is 408 g/mol. The molecule has 0 N–H and O–H groups in total. The van der Waals surface area contributed by atoms with Crippen molar-refractivity contribution in [2.75, 3.05) is 26.3 Å². The fourth-order valence-corrected chi connectivity index (χ4v) is 3.47. The highest BCUT2D eigenvalue weighted by Crippen LogP contribution is 2.11. The van der Waals surface area contributed by atoms with E-state index in [1.807, 2.05) is 0 Å². The molecule has 1 aliphatic rings. The van der Waals surface area contributed by atoms with Crippen molar-refractivity contribution in [3.05, 3.63) is 91.7 Å². The summed E-state index contributed by atoms with van der Waals surface area (Å²) in [7, 11) is 0. The van der Waals surface area contributed by atoms with Gasteiger partial charge >= 0.3 is 5.69 Å². The quantitative estimate of drug-likeness (QED) is 0.632. The standard InChI is InChI=1S/C21H19ClN4O4/c22-16-6-4-5-15(13-16)14-25-20(28)18(19(27)24-9-11-30-12-10-24)23-26(21(25)29)17-7-2-1-3-8-17/h1-8,13H,9-12,14H2. The number of morpholine rings is 1. The minimum absolute atomic E-state index is 0.0308. The number of nitrogens with zero attached hydrogens (tertiary/aromatic N) is 4. The van der Waals surface area contributed by atoms with Gasteiger partial charge in [-0.25, -0.2) is 4.79 Å². The van der Waals surface area contributed by atoms with Crippen LogP contribution in [0.3, 0.4) is 0 Å². The van der Waals surface area contributed by atoms with Gasteiger partial charge in [-0.3, -0.25) is 14.2 Å². The van der Waals surface area contributed by atoms with Crippen LogP contribution in [0.5, 0.6) is 0 Å². The summed E-state index contributed by atoms with van der Waals surface area (Å²) >= 11 is 6.05. The second kappa shape index (κ2) is 8.64. The Morgan fingerprint density at radius 2 is 1.77 bits per heavy atom. The topological polar surface area (TPSA) is 86.4 Å². The molecule has 1 fully saturated rings. The third kappa shape index (κ3) is 4.05. The van der Waals surface area contributed by atoms with Crippen molar-refractivity contribution in [3.63, 3.8) is 0 Å². The minimum atomic E-state index is -0.733. The molecule has 4 rings (SSSR count). The first-order valence-corrected chi connectivity index (χ1v) is 9.83. The second-order valence-corrected chi connectivity index (χ2v) is 7.24. The molecule has 0 unspecified atom stereocenters. The van der Waals surface area contributed by atoms with Crippen molar-refractivity contribution in [2.24, 2.45) is 0 Å². The highest BCUT2D eigenvalue weighted by molar-refractivity contribution is 6.30. The molecule has 0 spiro atoms. The van der Waals surface area contributed by atoms with E-state index in [1.165, 1.54) is 4.90 Å². The third-order valence-corrected chi connectivity index (χ3v) is 5.03. The van der Waals surface area contributed by atoms with Gasteiger partial charge < -0.3 is 9.64 Å². The van der Waals surface area contributed by atoms with Crippen molar-refractivity contribution in [3.8, 4) is 5.69 Å². The molecule has 154 valence electrons. The Labute approximate surface area is 176 Å². The number of hydrogen-bond donors (Lipinski definition) is 0. The first-order valence-electron chi connectivity index (χ1n) is 9.45. The molecule has 0 radical (unpaired) electrons. The monoisotopic (exact) mass is 426 g/mol. The van der Waals surface area contributed by atoms with Crippen LogP contribution in [0.2, 0.25) is 5.02 Å².